The molecule has 0 radical (unpaired) electrons. The summed E-state index contributed by atoms with van der Waals surface area (Å²) in [5, 5.41) is 7.81. The molecule has 1 aliphatic carbocycles. The van der Waals surface area contributed by atoms with E-state index in [1.807, 2.05) is 0 Å². The summed E-state index contributed by atoms with van der Waals surface area (Å²) >= 11 is 0. The number of amides is 3. The molecule has 1 saturated carbocycles. The van der Waals surface area contributed by atoms with Gasteiger partial charge < -0.3 is 16.0 Å². The molecule has 0 heterocycles. The minimum Gasteiger partial charge on any atom is -0.349 e. The molecule has 3 N–H and O–H groups in total. The SMILES string of the molecule is CNC(=O)Nc1cccc(C(=O)N[C@@H]2CC[C@H](CS(=O)(=O)F)C2)c1. The van der Waals surface area contributed by atoms with Gasteiger partial charge in [-0.25, -0.2) is 4.79 Å². The minimum atomic E-state index is -4.49. The molecule has 0 aromatic heterocycles. The first-order valence-electron chi connectivity index (χ1n) is 7.59. The number of hydrogen-bond donors (Lipinski definition) is 3. The van der Waals surface area contributed by atoms with E-state index < -0.39 is 22.0 Å². The average Bonchev–Trinajstić information content (AvgIpc) is 2.92. The number of carbonyl (C=O) groups is 2. The van der Waals surface area contributed by atoms with Crippen LogP contribution in [0.4, 0.5) is 14.4 Å². The minimum absolute atomic E-state index is 0.181. The predicted molar refractivity (Wildman–Crippen MR) is 88.0 cm³/mol. The summed E-state index contributed by atoms with van der Waals surface area (Å²) in [6.07, 6.45) is 1.61. The normalized spacial score (nSPS) is 20.4. The Hall–Kier alpha value is -2.16. The summed E-state index contributed by atoms with van der Waals surface area (Å²) in [6.45, 7) is 0. The molecular formula is C15H20FN3O4S. The van der Waals surface area contributed by atoms with Crippen LogP contribution in [-0.2, 0) is 10.2 Å². The first kappa shape index (κ1) is 18.2. The van der Waals surface area contributed by atoms with E-state index in [4.69, 9.17) is 0 Å². The van der Waals surface area contributed by atoms with Gasteiger partial charge in [0.2, 0.25) is 0 Å². The summed E-state index contributed by atoms with van der Waals surface area (Å²) in [5.41, 5.74) is 0.861. The van der Waals surface area contributed by atoms with E-state index in [9.17, 15) is 21.9 Å². The molecule has 3 amide bonds. The molecule has 1 aromatic rings. The molecule has 2 rings (SSSR count). The van der Waals surface area contributed by atoms with Crippen molar-refractivity contribution in [2.75, 3.05) is 18.1 Å². The average molecular weight is 357 g/mol. The largest absolute Gasteiger partial charge is 0.349 e. The summed E-state index contributed by atoms with van der Waals surface area (Å²) in [7, 11) is -3.00. The van der Waals surface area contributed by atoms with Gasteiger partial charge in [0.05, 0.1) is 5.75 Å². The molecule has 0 saturated heterocycles. The first-order chi connectivity index (χ1) is 11.3. The maximum absolute atomic E-state index is 12.7. The fourth-order valence-electron chi connectivity index (χ4n) is 2.84. The second-order valence-corrected chi connectivity index (χ2v) is 7.25. The predicted octanol–water partition coefficient (Wildman–Crippen LogP) is 1.64. The third kappa shape index (κ3) is 5.48. The lowest BCUT2D eigenvalue weighted by atomic mass is 10.1. The van der Waals surface area contributed by atoms with Crippen LogP contribution < -0.4 is 16.0 Å². The summed E-state index contributed by atoms with van der Waals surface area (Å²) in [4.78, 5) is 23.6. The van der Waals surface area contributed by atoms with Crippen LogP contribution in [0, 0.1) is 5.92 Å². The van der Waals surface area contributed by atoms with Gasteiger partial charge in [-0.2, -0.15) is 8.42 Å². The van der Waals surface area contributed by atoms with E-state index in [0.29, 0.717) is 30.5 Å². The number of rotatable bonds is 5. The molecule has 1 aliphatic rings. The lowest BCUT2D eigenvalue weighted by molar-refractivity contribution is 0.0937. The van der Waals surface area contributed by atoms with Crippen LogP contribution in [0.2, 0.25) is 0 Å². The van der Waals surface area contributed by atoms with Gasteiger partial charge in [0, 0.05) is 24.3 Å². The Morgan fingerprint density at radius 2 is 2.04 bits per heavy atom. The van der Waals surface area contributed by atoms with Gasteiger partial charge in [0.15, 0.2) is 0 Å². The molecule has 0 unspecified atom stereocenters. The Morgan fingerprint density at radius 1 is 1.29 bits per heavy atom. The van der Waals surface area contributed by atoms with E-state index >= 15 is 0 Å². The highest BCUT2D eigenvalue weighted by Crippen LogP contribution is 2.27. The van der Waals surface area contributed by atoms with Crippen molar-refractivity contribution in [2.45, 2.75) is 25.3 Å². The van der Waals surface area contributed by atoms with Gasteiger partial charge in [0.25, 0.3) is 5.91 Å². The van der Waals surface area contributed by atoms with Crippen molar-refractivity contribution in [2.24, 2.45) is 5.92 Å². The van der Waals surface area contributed by atoms with Gasteiger partial charge in [-0.3, -0.25) is 4.79 Å². The van der Waals surface area contributed by atoms with Crippen LogP contribution in [-0.4, -0.2) is 39.2 Å². The van der Waals surface area contributed by atoms with Crippen LogP contribution in [0.5, 0.6) is 0 Å². The second kappa shape index (κ2) is 7.61. The van der Waals surface area contributed by atoms with E-state index in [-0.39, 0.29) is 17.9 Å². The zero-order valence-corrected chi connectivity index (χ0v) is 14.0. The topological polar surface area (TPSA) is 104 Å². The van der Waals surface area contributed by atoms with Crippen molar-refractivity contribution >= 4 is 27.8 Å². The van der Waals surface area contributed by atoms with Gasteiger partial charge in [-0.15, -0.1) is 3.89 Å². The molecular weight excluding hydrogens is 337 g/mol. The Kier molecular flexibility index (Phi) is 5.76. The third-order valence-electron chi connectivity index (χ3n) is 3.92. The van der Waals surface area contributed by atoms with Crippen molar-refractivity contribution < 1.29 is 21.9 Å². The summed E-state index contributed by atoms with van der Waals surface area (Å²) in [6, 6.07) is 5.89. The van der Waals surface area contributed by atoms with Crippen molar-refractivity contribution in [1.29, 1.82) is 0 Å². The molecule has 0 aliphatic heterocycles. The quantitative estimate of drug-likeness (QED) is 0.697. The standard InChI is InChI=1S/C15H20FN3O4S/c1-17-15(21)19-12-4-2-3-11(8-12)14(20)18-13-6-5-10(7-13)9-24(16,22)23/h2-4,8,10,13H,5-7,9H2,1H3,(H,18,20)(H2,17,19,21)/t10-,13+/m0/s1. The van der Waals surface area contributed by atoms with Crippen molar-refractivity contribution in [1.82, 2.24) is 10.6 Å². The molecule has 1 fully saturated rings. The molecule has 2 atom stereocenters. The number of carbonyl (C=O) groups excluding carboxylic acids is 2. The highest BCUT2D eigenvalue weighted by Gasteiger charge is 2.29. The first-order valence-corrected chi connectivity index (χ1v) is 9.14. The molecule has 1 aromatic carbocycles. The number of nitrogens with one attached hydrogen (secondary N) is 3. The fraction of sp³-hybridized carbons (Fsp3) is 0.467. The molecule has 7 nitrogen and oxygen atoms in total. The number of urea groups is 1. The number of hydrogen-bond acceptors (Lipinski definition) is 4. The van der Waals surface area contributed by atoms with Gasteiger partial charge in [-0.05, 0) is 43.4 Å². The van der Waals surface area contributed by atoms with Crippen molar-refractivity contribution in [3.8, 4) is 0 Å². The smallest absolute Gasteiger partial charge is 0.318 e. The monoisotopic (exact) mass is 357 g/mol. The van der Waals surface area contributed by atoms with Crippen molar-refractivity contribution in [3.63, 3.8) is 0 Å². The Morgan fingerprint density at radius 3 is 2.71 bits per heavy atom. The Balaban J connectivity index is 1.93. The van der Waals surface area contributed by atoms with Crippen molar-refractivity contribution in [3.05, 3.63) is 29.8 Å². The van der Waals surface area contributed by atoms with E-state index in [1.165, 1.54) is 7.05 Å². The molecule has 9 heteroatoms. The maximum Gasteiger partial charge on any atom is 0.318 e. The van der Waals surface area contributed by atoms with Gasteiger partial charge >= 0.3 is 16.3 Å². The highest BCUT2D eigenvalue weighted by molar-refractivity contribution is 7.86. The zero-order chi connectivity index (χ0) is 17.7. The van der Waals surface area contributed by atoms with Crippen LogP contribution in [0.25, 0.3) is 0 Å². The summed E-state index contributed by atoms with van der Waals surface area (Å²) < 4.78 is 34.1. The molecule has 0 spiro atoms. The Labute approximate surface area is 140 Å². The zero-order valence-electron chi connectivity index (χ0n) is 13.2. The lowest BCUT2D eigenvalue weighted by Crippen LogP contribution is -2.33. The van der Waals surface area contributed by atoms with Crippen LogP contribution >= 0.6 is 0 Å². The third-order valence-corrected chi connectivity index (χ3v) is 4.79. The van der Waals surface area contributed by atoms with Crippen LogP contribution in [0.1, 0.15) is 29.6 Å². The maximum atomic E-state index is 12.7. The Bertz CT molecular complexity index is 723. The lowest BCUT2D eigenvalue weighted by Gasteiger charge is -2.13. The summed E-state index contributed by atoms with van der Waals surface area (Å²) in [5.74, 6) is -1.08. The number of halogens is 1. The van der Waals surface area contributed by atoms with Gasteiger partial charge in [-0.1, -0.05) is 6.07 Å². The highest BCUT2D eigenvalue weighted by atomic mass is 32.3. The van der Waals surface area contributed by atoms with E-state index in [1.54, 1.807) is 24.3 Å². The molecule has 132 valence electrons. The van der Waals surface area contributed by atoms with Crippen LogP contribution in [0.3, 0.4) is 0 Å². The second-order valence-electron chi connectivity index (χ2n) is 5.84. The fourth-order valence-corrected chi connectivity index (χ4v) is 3.71. The molecule has 24 heavy (non-hydrogen) atoms. The van der Waals surface area contributed by atoms with Gasteiger partial charge in [0.1, 0.15) is 0 Å². The van der Waals surface area contributed by atoms with Crippen LogP contribution in [0.15, 0.2) is 24.3 Å². The number of anilines is 1. The van der Waals surface area contributed by atoms with E-state index in [0.717, 1.165) is 0 Å². The van der Waals surface area contributed by atoms with E-state index in [2.05, 4.69) is 16.0 Å². The number of benzene rings is 1. The molecule has 0 bridgehead atoms.